The summed E-state index contributed by atoms with van der Waals surface area (Å²) < 4.78 is 4.44. The smallest absolute Gasteiger partial charge is 0.307 e. The van der Waals surface area contributed by atoms with Crippen molar-refractivity contribution in [3.63, 3.8) is 0 Å². The van der Waals surface area contributed by atoms with Gasteiger partial charge in [-0.15, -0.1) is 0 Å². The van der Waals surface area contributed by atoms with E-state index in [2.05, 4.69) is 10.1 Å². The minimum atomic E-state index is -0.330. The van der Waals surface area contributed by atoms with Gasteiger partial charge in [-0.05, 0) is 5.92 Å². The van der Waals surface area contributed by atoms with E-state index in [1.807, 2.05) is 13.8 Å². The molecule has 5 heteroatoms. The third-order valence-corrected chi connectivity index (χ3v) is 2.16. The van der Waals surface area contributed by atoms with E-state index in [0.717, 1.165) is 0 Å². The molecule has 0 bridgehead atoms. The summed E-state index contributed by atoms with van der Waals surface area (Å²) >= 11 is 0. The average molecular weight is 216 g/mol. The molecule has 0 fully saturated rings. The van der Waals surface area contributed by atoms with Gasteiger partial charge in [0.1, 0.15) is 0 Å². The van der Waals surface area contributed by atoms with Gasteiger partial charge in [0.15, 0.2) is 0 Å². The minimum Gasteiger partial charge on any atom is -0.469 e. The van der Waals surface area contributed by atoms with E-state index >= 15 is 0 Å². The first-order valence-electron chi connectivity index (χ1n) is 5.06. The predicted octanol–water partition coefficient (Wildman–Crippen LogP) is 0.0391. The molecular formula is C10H20N2O3. The molecule has 88 valence electrons. The zero-order valence-electron chi connectivity index (χ0n) is 9.58. The summed E-state index contributed by atoms with van der Waals surface area (Å²) in [6, 6.07) is -0.136. The normalized spacial score (nSPS) is 12.3. The highest BCUT2D eigenvalue weighted by molar-refractivity contribution is 5.77. The summed E-state index contributed by atoms with van der Waals surface area (Å²) in [7, 11) is 1.32. The van der Waals surface area contributed by atoms with Crippen LogP contribution in [-0.2, 0) is 14.3 Å². The molecule has 3 N–H and O–H groups in total. The Morgan fingerprint density at radius 2 is 2.00 bits per heavy atom. The lowest BCUT2D eigenvalue weighted by molar-refractivity contribution is -0.140. The van der Waals surface area contributed by atoms with Crippen LogP contribution in [0.2, 0.25) is 0 Å². The van der Waals surface area contributed by atoms with Crippen LogP contribution in [0.4, 0.5) is 0 Å². The van der Waals surface area contributed by atoms with Crippen LogP contribution in [0, 0.1) is 5.92 Å². The van der Waals surface area contributed by atoms with Crippen molar-refractivity contribution in [1.82, 2.24) is 5.32 Å². The first-order chi connectivity index (χ1) is 6.97. The lowest BCUT2D eigenvalue weighted by atomic mass is 10.0. The molecule has 0 aromatic rings. The molecule has 1 unspecified atom stereocenters. The molecular weight excluding hydrogens is 196 g/mol. The van der Waals surface area contributed by atoms with Gasteiger partial charge in [-0.25, -0.2) is 0 Å². The number of carbonyl (C=O) groups excluding carboxylic acids is 2. The Bertz CT molecular complexity index is 217. The lowest BCUT2D eigenvalue weighted by Crippen LogP contribution is -2.35. The number of hydrogen-bond donors (Lipinski definition) is 2. The standard InChI is InChI=1S/C10H20N2O3/c1-7(2)8(11)6-9(13)12-5-4-10(14)15-3/h7-8H,4-6,11H2,1-3H3,(H,12,13). The van der Waals surface area contributed by atoms with Crippen LogP contribution < -0.4 is 11.1 Å². The molecule has 0 aliphatic heterocycles. The molecule has 15 heavy (non-hydrogen) atoms. The minimum absolute atomic E-state index is 0.125. The van der Waals surface area contributed by atoms with Crippen LogP contribution in [0.1, 0.15) is 26.7 Å². The van der Waals surface area contributed by atoms with Crippen LogP contribution in [0.5, 0.6) is 0 Å². The largest absolute Gasteiger partial charge is 0.469 e. The van der Waals surface area contributed by atoms with Crippen molar-refractivity contribution in [1.29, 1.82) is 0 Å². The summed E-state index contributed by atoms with van der Waals surface area (Å²) in [5.41, 5.74) is 5.72. The molecule has 0 aliphatic rings. The predicted molar refractivity (Wildman–Crippen MR) is 57.1 cm³/mol. The number of amides is 1. The number of nitrogens with two attached hydrogens (primary N) is 1. The Hall–Kier alpha value is -1.10. The second-order valence-corrected chi connectivity index (χ2v) is 3.79. The highest BCUT2D eigenvalue weighted by Crippen LogP contribution is 2.02. The van der Waals surface area contributed by atoms with Gasteiger partial charge in [-0.1, -0.05) is 13.8 Å². The molecule has 0 heterocycles. The van der Waals surface area contributed by atoms with Crippen molar-refractivity contribution in [2.75, 3.05) is 13.7 Å². The Kier molecular flexibility index (Phi) is 6.70. The van der Waals surface area contributed by atoms with E-state index in [9.17, 15) is 9.59 Å². The summed E-state index contributed by atoms with van der Waals surface area (Å²) in [6.07, 6.45) is 0.484. The molecule has 0 saturated heterocycles. The monoisotopic (exact) mass is 216 g/mol. The first kappa shape index (κ1) is 13.9. The fourth-order valence-electron chi connectivity index (χ4n) is 0.928. The van der Waals surface area contributed by atoms with Gasteiger partial charge in [-0.3, -0.25) is 9.59 Å². The van der Waals surface area contributed by atoms with Gasteiger partial charge >= 0.3 is 5.97 Å². The van der Waals surface area contributed by atoms with Gasteiger partial charge in [-0.2, -0.15) is 0 Å². The molecule has 0 saturated carbocycles. The molecule has 1 atom stereocenters. The van der Waals surface area contributed by atoms with Gasteiger partial charge in [0.25, 0.3) is 0 Å². The van der Waals surface area contributed by atoms with Crippen molar-refractivity contribution in [2.45, 2.75) is 32.7 Å². The number of nitrogens with one attached hydrogen (secondary N) is 1. The fraction of sp³-hybridized carbons (Fsp3) is 0.800. The quantitative estimate of drug-likeness (QED) is 0.614. The van der Waals surface area contributed by atoms with E-state index in [0.29, 0.717) is 13.0 Å². The van der Waals surface area contributed by atoms with E-state index in [1.165, 1.54) is 7.11 Å². The van der Waals surface area contributed by atoms with E-state index in [-0.39, 0.29) is 30.3 Å². The van der Waals surface area contributed by atoms with Crippen LogP contribution >= 0.6 is 0 Å². The van der Waals surface area contributed by atoms with E-state index < -0.39 is 0 Å². The number of hydrogen-bond acceptors (Lipinski definition) is 4. The number of rotatable bonds is 6. The number of carbonyl (C=O) groups is 2. The molecule has 1 amide bonds. The number of methoxy groups -OCH3 is 1. The molecule has 0 aromatic carbocycles. The van der Waals surface area contributed by atoms with Crippen LogP contribution in [0.15, 0.2) is 0 Å². The third-order valence-electron chi connectivity index (χ3n) is 2.16. The Balaban J connectivity index is 3.62. The van der Waals surface area contributed by atoms with Crippen molar-refractivity contribution >= 4 is 11.9 Å². The molecule has 0 radical (unpaired) electrons. The lowest BCUT2D eigenvalue weighted by Gasteiger charge is -2.14. The second kappa shape index (κ2) is 7.23. The van der Waals surface area contributed by atoms with Gasteiger partial charge in [0.2, 0.25) is 5.91 Å². The van der Waals surface area contributed by atoms with Crippen molar-refractivity contribution in [2.24, 2.45) is 11.7 Å². The van der Waals surface area contributed by atoms with E-state index in [1.54, 1.807) is 0 Å². The zero-order valence-corrected chi connectivity index (χ0v) is 9.58. The van der Waals surface area contributed by atoms with Crippen molar-refractivity contribution in [3.8, 4) is 0 Å². The van der Waals surface area contributed by atoms with Crippen LogP contribution in [0.25, 0.3) is 0 Å². The van der Waals surface area contributed by atoms with Gasteiger partial charge in [0, 0.05) is 19.0 Å². The van der Waals surface area contributed by atoms with Crippen molar-refractivity contribution in [3.05, 3.63) is 0 Å². The van der Waals surface area contributed by atoms with Crippen molar-refractivity contribution < 1.29 is 14.3 Å². The summed E-state index contributed by atoms with van der Waals surface area (Å²) in [4.78, 5) is 22.0. The second-order valence-electron chi connectivity index (χ2n) is 3.79. The Morgan fingerprint density at radius 1 is 1.40 bits per heavy atom. The van der Waals surface area contributed by atoms with Crippen LogP contribution in [0.3, 0.4) is 0 Å². The Labute approximate surface area is 90.4 Å². The number of ether oxygens (including phenoxy) is 1. The van der Waals surface area contributed by atoms with Crippen LogP contribution in [-0.4, -0.2) is 31.6 Å². The average Bonchev–Trinajstić information content (AvgIpc) is 2.17. The maximum Gasteiger partial charge on any atom is 0.307 e. The molecule has 0 spiro atoms. The van der Waals surface area contributed by atoms with Gasteiger partial charge in [0.05, 0.1) is 13.5 Å². The SMILES string of the molecule is COC(=O)CCNC(=O)CC(N)C(C)C. The molecule has 0 aromatic heterocycles. The summed E-state index contributed by atoms with van der Waals surface area (Å²) in [5.74, 6) is -0.181. The molecule has 5 nitrogen and oxygen atoms in total. The molecule has 0 rings (SSSR count). The van der Waals surface area contributed by atoms with E-state index in [4.69, 9.17) is 5.73 Å². The maximum absolute atomic E-state index is 11.3. The fourth-order valence-corrected chi connectivity index (χ4v) is 0.928. The van der Waals surface area contributed by atoms with Gasteiger partial charge < -0.3 is 15.8 Å². The first-order valence-corrected chi connectivity index (χ1v) is 5.06. The third kappa shape index (κ3) is 6.90. The summed E-state index contributed by atoms with van der Waals surface area (Å²) in [5, 5.41) is 2.61. The Morgan fingerprint density at radius 3 is 2.47 bits per heavy atom. The maximum atomic E-state index is 11.3. The molecule has 0 aliphatic carbocycles. The summed E-state index contributed by atoms with van der Waals surface area (Å²) in [6.45, 7) is 4.23. The topological polar surface area (TPSA) is 81.4 Å². The zero-order chi connectivity index (χ0) is 11.8. The number of esters is 1. The highest BCUT2D eigenvalue weighted by atomic mass is 16.5. The highest BCUT2D eigenvalue weighted by Gasteiger charge is 2.12.